The number of carbonyl (C=O) groups excluding carboxylic acids is 1. The van der Waals surface area contributed by atoms with Crippen molar-refractivity contribution in [1.29, 1.82) is 0 Å². The Labute approximate surface area is 198 Å². The highest BCUT2D eigenvalue weighted by Crippen LogP contribution is 2.34. The lowest BCUT2D eigenvalue weighted by atomic mass is 9.96. The molecule has 170 valence electrons. The highest BCUT2D eigenvalue weighted by Gasteiger charge is 2.34. The van der Waals surface area contributed by atoms with E-state index in [0.29, 0.717) is 37.1 Å². The Balaban J connectivity index is 1.96. The number of benzene rings is 2. The standard InChI is InChI=1S/C24H21ClN2O5S/c1-13-20(23(29)32-4)21(15-7-5-6-8-16(15)25)27-22(28)19(33-24(27)26-13)12-14-9-10-17(30-2)18(11-14)31-3/h5-12,21H,1-4H3/b19-12+/t21-/m0/s1. The van der Waals surface area contributed by atoms with Gasteiger partial charge in [0, 0.05) is 5.02 Å². The molecule has 0 saturated heterocycles. The predicted octanol–water partition coefficient (Wildman–Crippen LogP) is 3.08. The minimum atomic E-state index is -0.755. The maximum absolute atomic E-state index is 13.6. The van der Waals surface area contributed by atoms with Crippen molar-refractivity contribution in [1.82, 2.24) is 4.57 Å². The molecule has 0 aliphatic carbocycles. The number of hydrogen-bond acceptors (Lipinski definition) is 7. The molecule has 0 unspecified atom stereocenters. The van der Waals surface area contributed by atoms with Gasteiger partial charge in [-0.1, -0.05) is 47.2 Å². The van der Waals surface area contributed by atoms with Crippen LogP contribution in [-0.4, -0.2) is 31.9 Å². The van der Waals surface area contributed by atoms with Crippen molar-refractivity contribution >= 4 is 35.0 Å². The number of methoxy groups -OCH3 is 3. The first-order chi connectivity index (χ1) is 15.9. The minimum Gasteiger partial charge on any atom is -0.493 e. The van der Waals surface area contributed by atoms with Crippen LogP contribution in [0.25, 0.3) is 6.08 Å². The van der Waals surface area contributed by atoms with Gasteiger partial charge in [0.25, 0.3) is 5.56 Å². The van der Waals surface area contributed by atoms with Gasteiger partial charge in [0.15, 0.2) is 16.3 Å². The van der Waals surface area contributed by atoms with Crippen LogP contribution >= 0.6 is 22.9 Å². The van der Waals surface area contributed by atoms with Gasteiger partial charge in [-0.05, 0) is 42.3 Å². The molecule has 0 bridgehead atoms. The molecule has 1 aliphatic rings. The van der Waals surface area contributed by atoms with Gasteiger partial charge in [-0.2, -0.15) is 0 Å². The minimum absolute atomic E-state index is 0.274. The van der Waals surface area contributed by atoms with Crippen LogP contribution in [0.15, 0.2) is 63.5 Å². The number of esters is 1. The molecule has 0 radical (unpaired) electrons. The molecule has 3 aromatic rings. The van der Waals surface area contributed by atoms with E-state index in [1.807, 2.05) is 12.1 Å². The van der Waals surface area contributed by atoms with E-state index in [-0.39, 0.29) is 11.1 Å². The van der Waals surface area contributed by atoms with E-state index < -0.39 is 12.0 Å². The highest BCUT2D eigenvalue weighted by atomic mass is 35.5. The van der Waals surface area contributed by atoms with Gasteiger partial charge >= 0.3 is 5.97 Å². The largest absolute Gasteiger partial charge is 0.493 e. The van der Waals surface area contributed by atoms with Crippen molar-refractivity contribution in [3.8, 4) is 11.5 Å². The molecule has 0 spiro atoms. The average Bonchev–Trinajstić information content (AvgIpc) is 3.12. The van der Waals surface area contributed by atoms with Crippen molar-refractivity contribution in [3.63, 3.8) is 0 Å². The molecule has 9 heteroatoms. The van der Waals surface area contributed by atoms with Crippen LogP contribution in [0.3, 0.4) is 0 Å². The van der Waals surface area contributed by atoms with Gasteiger partial charge in [-0.25, -0.2) is 9.79 Å². The van der Waals surface area contributed by atoms with E-state index in [9.17, 15) is 9.59 Å². The molecule has 0 N–H and O–H groups in total. The zero-order valence-electron chi connectivity index (χ0n) is 18.4. The number of carbonyl (C=O) groups is 1. The Kier molecular flexibility index (Phi) is 6.40. The smallest absolute Gasteiger partial charge is 0.338 e. The molecular formula is C24H21ClN2O5S. The number of rotatable bonds is 5. The van der Waals surface area contributed by atoms with E-state index in [1.54, 1.807) is 57.6 Å². The lowest BCUT2D eigenvalue weighted by molar-refractivity contribution is -0.136. The number of thiazole rings is 1. The van der Waals surface area contributed by atoms with Crippen molar-refractivity contribution in [3.05, 3.63) is 89.6 Å². The third-order valence-corrected chi connectivity index (χ3v) is 6.66. The maximum atomic E-state index is 13.6. The lowest BCUT2D eigenvalue weighted by Crippen LogP contribution is -2.39. The molecule has 7 nitrogen and oxygen atoms in total. The topological polar surface area (TPSA) is 79.1 Å². The number of allylic oxidation sites excluding steroid dienone is 1. The highest BCUT2D eigenvalue weighted by molar-refractivity contribution is 7.07. The van der Waals surface area contributed by atoms with Crippen LogP contribution in [0, 0.1) is 0 Å². The molecule has 1 aromatic heterocycles. The molecule has 0 saturated carbocycles. The third kappa shape index (κ3) is 4.07. The SMILES string of the molecule is COC(=O)C1=C(C)N=c2s/c(=C/c3ccc(OC)c(OC)c3)c(=O)n2[C@H]1c1ccccc1Cl. The maximum Gasteiger partial charge on any atom is 0.338 e. The first-order valence-corrected chi connectivity index (χ1v) is 11.2. The summed E-state index contributed by atoms with van der Waals surface area (Å²) in [5.74, 6) is 0.584. The van der Waals surface area contributed by atoms with Crippen molar-refractivity contribution in [2.24, 2.45) is 4.99 Å². The van der Waals surface area contributed by atoms with Crippen molar-refractivity contribution in [2.45, 2.75) is 13.0 Å². The van der Waals surface area contributed by atoms with Crippen LogP contribution in [0.5, 0.6) is 11.5 Å². The van der Waals surface area contributed by atoms with Gasteiger partial charge in [0.1, 0.15) is 6.04 Å². The monoisotopic (exact) mass is 484 g/mol. The Hall–Kier alpha value is -3.36. The summed E-state index contributed by atoms with van der Waals surface area (Å²) in [6, 6.07) is 11.7. The van der Waals surface area contributed by atoms with Gasteiger partial charge < -0.3 is 14.2 Å². The molecule has 1 atom stereocenters. The predicted molar refractivity (Wildman–Crippen MR) is 127 cm³/mol. The summed E-state index contributed by atoms with van der Waals surface area (Å²) < 4.78 is 17.6. The number of ether oxygens (including phenoxy) is 3. The molecule has 1 aliphatic heterocycles. The van der Waals surface area contributed by atoms with Crippen LogP contribution in [0.2, 0.25) is 5.02 Å². The van der Waals surface area contributed by atoms with E-state index >= 15 is 0 Å². The first-order valence-electron chi connectivity index (χ1n) is 9.97. The number of nitrogens with zero attached hydrogens (tertiary/aromatic N) is 2. The first kappa shape index (κ1) is 22.8. The molecule has 0 amide bonds. The summed E-state index contributed by atoms with van der Waals surface area (Å²) in [5.41, 5.74) is 1.84. The second-order valence-corrected chi connectivity index (χ2v) is 8.63. The van der Waals surface area contributed by atoms with Crippen LogP contribution in [0.1, 0.15) is 24.1 Å². The Morgan fingerprint density at radius 1 is 1.12 bits per heavy atom. The van der Waals surface area contributed by atoms with Crippen LogP contribution in [0.4, 0.5) is 0 Å². The summed E-state index contributed by atoms with van der Waals surface area (Å²) >= 11 is 7.72. The average molecular weight is 485 g/mol. The molecule has 0 fully saturated rings. The number of hydrogen-bond donors (Lipinski definition) is 0. The number of aromatic nitrogens is 1. The van der Waals surface area contributed by atoms with Crippen molar-refractivity contribution in [2.75, 3.05) is 21.3 Å². The normalized spacial score (nSPS) is 15.7. The quantitative estimate of drug-likeness (QED) is 0.520. The second-order valence-electron chi connectivity index (χ2n) is 7.21. The second kappa shape index (κ2) is 9.25. The van der Waals surface area contributed by atoms with Crippen molar-refractivity contribution < 1.29 is 19.0 Å². The zero-order chi connectivity index (χ0) is 23.7. The molecule has 4 rings (SSSR count). The fourth-order valence-electron chi connectivity index (χ4n) is 3.78. The summed E-state index contributed by atoms with van der Waals surface area (Å²) in [4.78, 5) is 31.3. The molecular weight excluding hydrogens is 464 g/mol. The van der Waals surface area contributed by atoms with Crippen LogP contribution < -0.4 is 24.4 Å². The fraction of sp³-hybridized carbons (Fsp3) is 0.208. The molecule has 2 heterocycles. The van der Waals surface area contributed by atoms with Crippen LogP contribution in [-0.2, 0) is 9.53 Å². The zero-order valence-corrected chi connectivity index (χ0v) is 20.0. The van der Waals surface area contributed by atoms with E-state index in [0.717, 1.165) is 5.56 Å². The Morgan fingerprint density at radius 2 is 1.85 bits per heavy atom. The Morgan fingerprint density at radius 3 is 2.52 bits per heavy atom. The third-order valence-electron chi connectivity index (χ3n) is 5.33. The fourth-order valence-corrected chi connectivity index (χ4v) is 5.06. The van der Waals surface area contributed by atoms with E-state index in [4.69, 9.17) is 25.8 Å². The van der Waals surface area contributed by atoms with Gasteiger partial charge in [-0.3, -0.25) is 9.36 Å². The number of halogens is 1. The summed E-state index contributed by atoms with van der Waals surface area (Å²) in [5, 5.41) is 0.438. The molecule has 33 heavy (non-hydrogen) atoms. The van der Waals surface area contributed by atoms with Gasteiger partial charge in [-0.15, -0.1) is 0 Å². The van der Waals surface area contributed by atoms with E-state index in [1.165, 1.54) is 23.0 Å². The van der Waals surface area contributed by atoms with Gasteiger partial charge in [0.05, 0.1) is 37.1 Å². The number of fused-ring (bicyclic) bond motifs is 1. The summed E-state index contributed by atoms with van der Waals surface area (Å²) in [6.45, 7) is 1.72. The van der Waals surface area contributed by atoms with Gasteiger partial charge in [0.2, 0.25) is 0 Å². The molecule has 2 aromatic carbocycles. The lowest BCUT2D eigenvalue weighted by Gasteiger charge is -2.25. The van der Waals surface area contributed by atoms with E-state index in [2.05, 4.69) is 4.99 Å². The Bertz CT molecular complexity index is 1450. The summed E-state index contributed by atoms with van der Waals surface area (Å²) in [6.07, 6.45) is 1.76. The summed E-state index contributed by atoms with van der Waals surface area (Å²) in [7, 11) is 4.41.